The first kappa shape index (κ1) is 9.84. The number of anilines is 1. The summed E-state index contributed by atoms with van der Waals surface area (Å²) in [6.07, 6.45) is 0. The number of nitrogens with one attached hydrogen (secondary N) is 1. The minimum atomic E-state index is -0.166. The predicted octanol–water partition coefficient (Wildman–Crippen LogP) is 3.37. The van der Waals surface area contributed by atoms with E-state index in [1.807, 2.05) is 6.07 Å². The largest absolute Gasteiger partial charge is 0.380 e. The number of hydrogen-bond acceptors (Lipinski definition) is 2. The summed E-state index contributed by atoms with van der Waals surface area (Å²) in [5, 5.41) is 3.38. The van der Waals surface area contributed by atoms with Gasteiger partial charge in [0.15, 0.2) is 0 Å². The highest BCUT2D eigenvalue weighted by atomic mass is 32.2. The molecule has 0 amide bonds. The molecule has 1 aliphatic heterocycles. The molecule has 1 aromatic carbocycles. The van der Waals surface area contributed by atoms with Crippen LogP contribution in [0, 0.1) is 11.7 Å². The van der Waals surface area contributed by atoms with Crippen LogP contribution in [0.2, 0.25) is 0 Å². The Morgan fingerprint density at radius 2 is 2.29 bits per heavy atom. The zero-order chi connectivity index (χ0) is 10.1. The molecule has 0 bridgehead atoms. The van der Waals surface area contributed by atoms with Crippen molar-refractivity contribution in [2.45, 2.75) is 24.8 Å². The van der Waals surface area contributed by atoms with Crippen LogP contribution in [0.1, 0.15) is 13.8 Å². The average molecular weight is 211 g/mol. The van der Waals surface area contributed by atoms with Gasteiger partial charge in [-0.15, -0.1) is 11.8 Å². The standard InChI is InChI=1S/C11H14FNS/c1-7(2)10-6-14-11-4-3-8(12)5-9(11)13-10/h3-5,7,10,13H,6H2,1-2H3. The SMILES string of the molecule is CC(C)C1CSc2ccc(F)cc2N1. The first-order valence-corrected chi connectivity index (χ1v) is 5.84. The lowest BCUT2D eigenvalue weighted by Crippen LogP contribution is -2.30. The van der Waals surface area contributed by atoms with Gasteiger partial charge in [0, 0.05) is 16.7 Å². The van der Waals surface area contributed by atoms with Gasteiger partial charge in [0.1, 0.15) is 5.82 Å². The molecule has 1 unspecified atom stereocenters. The lowest BCUT2D eigenvalue weighted by molar-refractivity contribution is 0.560. The molecule has 0 saturated carbocycles. The van der Waals surface area contributed by atoms with Crippen LogP contribution in [0.3, 0.4) is 0 Å². The Bertz CT molecular complexity index is 338. The fraction of sp³-hybridized carbons (Fsp3) is 0.455. The summed E-state index contributed by atoms with van der Waals surface area (Å²) >= 11 is 1.80. The molecule has 1 atom stereocenters. The normalized spacial score (nSPS) is 20.4. The van der Waals surface area contributed by atoms with E-state index in [1.165, 1.54) is 6.07 Å². The van der Waals surface area contributed by atoms with Crippen molar-refractivity contribution in [1.29, 1.82) is 0 Å². The van der Waals surface area contributed by atoms with Crippen molar-refractivity contribution >= 4 is 17.4 Å². The van der Waals surface area contributed by atoms with Gasteiger partial charge in [-0.1, -0.05) is 13.8 Å². The van der Waals surface area contributed by atoms with E-state index in [4.69, 9.17) is 0 Å². The molecular formula is C11H14FNS. The zero-order valence-electron chi connectivity index (χ0n) is 8.38. The molecule has 0 saturated heterocycles. The quantitative estimate of drug-likeness (QED) is 0.764. The third-order valence-corrected chi connectivity index (χ3v) is 3.70. The Kier molecular flexibility index (Phi) is 2.68. The minimum Gasteiger partial charge on any atom is -0.380 e. The number of fused-ring (bicyclic) bond motifs is 1. The first-order chi connectivity index (χ1) is 6.66. The van der Waals surface area contributed by atoms with Gasteiger partial charge >= 0.3 is 0 Å². The van der Waals surface area contributed by atoms with E-state index >= 15 is 0 Å². The van der Waals surface area contributed by atoms with Crippen LogP contribution in [0.4, 0.5) is 10.1 Å². The van der Waals surface area contributed by atoms with Crippen LogP contribution < -0.4 is 5.32 Å². The highest BCUT2D eigenvalue weighted by Crippen LogP contribution is 2.35. The maximum Gasteiger partial charge on any atom is 0.125 e. The Labute approximate surface area is 88.1 Å². The monoisotopic (exact) mass is 211 g/mol. The molecular weight excluding hydrogens is 197 g/mol. The number of halogens is 1. The summed E-state index contributed by atoms with van der Waals surface area (Å²) in [6.45, 7) is 4.37. The van der Waals surface area contributed by atoms with Crippen LogP contribution in [0.15, 0.2) is 23.1 Å². The maximum absolute atomic E-state index is 13.0. The second kappa shape index (κ2) is 3.81. The molecule has 1 aliphatic rings. The van der Waals surface area contributed by atoms with Crippen LogP contribution in [0.5, 0.6) is 0 Å². The van der Waals surface area contributed by atoms with E-state index in [0.29, 0.717) is 12.0 Å². The number of hydrogen-bond donors (Lipinski definition) is 1. The van der Waals surface area contributed by atoms with Crippen molar-refractivity contribution in [3.05, 3.63) is 24.0 Å². The third-order valence-electron chi connectivity index (χ3n) is 2.51. The van der Waals surface area contributed by atoms with Crippen LogP contribution in [-0.2, 0) is 0 Å². The zero-order valence-corrected chi connectivity index (χ0v) is 9.20. The van der Waals surface area contributed by atoms with E-state index in [-0.39, 0.29) is 5.82 Å². The highest BCUT2D eigenvalue weighted by molar-refractivity contribution is 7.99. The van der Waals surface area contributed by atoms with Gasteiger partial charge in [-0.05, 0) is 24.1 Å². The number of thioether (sulfide) groups is 1. The van der Waals surface area contributed by atoms with Crippen molar-refractivity contribution in [2.24, 2.45) is 5.92 Å². The van der Waals surface area contributed by atoms with Gasteiger partial charge in [0.05, 0.1) is 5.69 Å². The van der Waals surface area contributed by atoms with E-state index in [9.17, 15) is 4.39 Å². The van der Waals surface area contributed by atoms with Gasteiger partial charge < -0.3 is 5.32 Å². The molecule has 0 radical (unpaired) electrons. The molecule has 0 aromatic heterocycles. The minimum absolute atomic E-state index is 0.166. The predicted molar refractivity (Wildman–Crippen MR) is 59.4 cm³/mol. The van der Waals surface area contributed by atoms with E-state index in [0.717, 1.165) is 16.3 Å². The second-order valence-corrected chi connectivity index (χ2v) is 5.01. The summed E-state index contributed by atoms with van der Waals surface area (Å²) in [7, 11) is 0. The molecule has 1 nitrogen and oxygen atoms in total. The Hall–Kier alpha value is -0.700. The van der Waals surface area contributed by atoms with Crippen molar-refractivity contribution < 1.29 is 4.39 Å². The van der Waals surface area contributed by atoms with Gasteiger partial charge in [-0.25, -0.2) is 4.39 Å². The van der Waals surface area contributed by atoms with Crippen LogP contribution in [0.25, 0.3) is 0 Å². The molecule has 14 heavy (non-hydrogen) atoms. The summed E-state index contributed by atoms with van der Waals surface area (Å²) < 4.78 is 13.0. The van der Waals surface area contributed by atoms with Crippen molar-refractivity contribution in [3.8, 4) is 0 Å². The Morgan fingerprint density at radius 3 is 3.00 bits per heavy atom. The molecule has 3 heteroatoms. The second-order valence-electron chi connectivity index (χ2n) is 3.95. The number of benzene rings is 1. The highest BCUT2D eigenvalue weighted by Gasteiger charge is 2.20. The van der Waals surface area contributed by atoms with E-state index in [1.54, 1.807) is 17.8 Å². The van der Waals surface area contributed by atoms with E-state index < -0.39 is 0 Å². The van der Waals surface area contributed by atoms with Gasteiger partial charge in [-0.2, -0.15) is 0 Å². The molecule has 1 heterocycles. The summed E-state index contributed by atoms with van der Waals surface area (Å²) in [4.78, 5) is 1.16. The Morgan fingerprint density at radius 1 is 1.50 bits per heavy atom. The molecule has 1 N–H and O–H groups in total. The smallest absolute Gasteiger partial charge is 0.125 e. The molecule has 0 aliphatic carbocycles. The topological polar surface area (TPSA) is 12.0 Å². The van der Waals surface area contributed by atoms with Gasteiger partial charge in [0.2, 0.25) is 0 Å². The van der Waals surface area contributed by atoms with Gasteiger partial charge in [-0.3, -0.25) is 0 Å². The molecule has 76 valence electrons. The van der Waals surface area contributed by atoms with Gasteiger partial charge in [0.25, 0.3) is 0 Å². The molecule has 0 fully saturated rings. The molecule has 0 spiro atoms. The summed E-state index contributed by atoms with van der Waals surface area (Å²) in [5.41, 5.74) is 0.944. The van der Waals surface area contributed by atoms with Crippen LogP contribution in [-0.4, -0.2) is 11.8 Å². The molecule has 1 aromatic rings. The van der Waals surface area contributed by atoms with Crippen molar-refractivity contribution in [1.82, 2.24) is 0 Å². The Balaban J connectivity index is 2.24. The lowest BCUT2D eigenvalue weighted by atomic mass is 10.1. The number of rotatable bonds is 1. The van der Waals surface area contributed by atoms with Crippen LogP contribution >= 0.6 is 11.8 Å². The lowest BCUT2D eigenvalue weighted by Gasteiger charge is -2.29. The average Bonchev–Trinajstić information content (AvgIpc) is 2.16. The third kappa shape index (κ3) is 1.87. The molecule has 2 rings (SSSR count). The fourth-order valence-corrected chi connectivity index (χ4v) is 2.79. The van der Waals surface area contributed by atoms with E-state index in [2.05, 4.69) is 19.2 Å². The van der Waals surface area contributed by atoms with Crippen molar-refractivity contribution in [3.63, 3.8) is 0 Å². The first-order valence-electron chi connectivity index (χ1n) is 4.85. The maximum atomic E-state index is 13.0. The summed E-state index contributed by atoms with van der Waals surface area (Å²) in [6, 6.07) is 5.40. The fourth-order valence-electron chi connectivity index (χ4n) is 1.52. The summed E-state index contributed by atoms with van der Waals surface area (Å²) in [5.74, 6) is 1.48. The van der Waals surface area contributed by atoms with Crippen molar-refractivity contribution in [2.75, 3.05) is 11.1 Å².